The predicted octanol–water partition coefficient (Wildman–Crippen LogP) is 3.59. The number of carbonyl (C=O) groups is 2. The first-order valence-electron chi connectivity index (χ1n) is 11.8. The van der Waals surface area contributed by atoms with Gasteiger partial charge in [0.05, 0.1) is 11.9 Å². The SMILES string of the molecule is CNC(=O)C(Cc1ccccc1)N(Cc1ccccc1F)C(=O)CN(c1c(C)cccc1C)S(C)(=O)=O. The van der Waals surface area contributed by atoms with Gasteiger partial charge in [0.25, 0.3) is 0 Å². The molecule has 2 amide bonds. The molecule has 0 saturated carbocycles. The molecule has 3 aromatic rings. The number of anilines is 1. The zero-order valence-corrected chi connectivity index (χ0v) is 22.3. The van der Waals surface area contributed by atoms with Crippen LogP contribution in [0.15, 0.2) is 72.8 Å². The van der Waals surface area contributed by atoms with Crippen LogP contribution < -0.4 is 9.62 Å². The molecule has 1 N–H and O–H groups in total. The summed E-state index contributed by atoms with van der Waals surface area (Å²) in [5.41, 5.74) is 2.80. The van der Waals surface area contributed by atoms with Crippen LogP contribution in [-0.2, 0) is 32.6 Å². The largest absolute Gasteiger partial charge is 0.357 e. The number of aryl methyl sites for hydroxylation is 2. The molecule has 0 aromatic heterocycles. The summed E-state index contributed by atoms with van der Waals surface area (Å²) < 4.78 is 41.5. The number of likely N-dealkylation sites (N-methyl/N-ethyl adjacent to an activating group) is 1. The fourth-order valence-corrected chi connectivity index (χ4v) is 5.27. The van der Waals surface area contributed by atoms with Gasteiger partial charge in [0.2, 0.25) is 21.8 Å². The number of nitrogens with one attached hydrogen (secondary N) is 1. The molecule has 0 aliphatic heterocycles. The summed E-state index contributed by atoms with van der Waals surface area (Å²) in [5.74, 6) is -1.59. The van der Waals surface area contributed by atoms with Crippen LogP contribution in [0.3, 0.4) is 0 Å². The Morgan fingerprint density at radius 2 is 1.51 bits per heavy atom. The van der Waals surface area contributed by atoms with E-state index in [0.29, 0.717) is 16.8 Å². The highest BCUT2D eigenvalue weighted by molar-refractivity contribution is 7.92. The number of sulfonamides is 1. The molecule has 3 aromatic carbocycles. The minimum atomic E-state index is -3.87. The third kappa shape index (κ3) is 6.95. The summed E-state index contributed by atoms with van der Waals surface area (Å²) in [7, 11) is -2.41. The molecule has 9 heteroatoms. The molecule has 0 aliphatic rings. The van der Waals surface area contributed by atoms with Gasteiger partial charge in [-0.3, -0.25) is 13.9 Å². The fraction of sp³-hybridized carbons (Fsp3) is 0.286. The van der Waals surface area contributed by atoms with Gasteiger partial charge >= 0.3 is 0 Å². The van der Waals surface area contributed by atoms with Gasteiger partial charge in [-0.2, -0.15) is 0 Å². The maximum absolute atomic E-state index is 14.7. The number of hydrogen-bond donors (Lipinski definition) is 1. The predicted molar refractivity (Wildman–Crippen MR) is 143 cm³/mol. The number of rotatable bonds is 10. The molecule has 0 heterocycles. The Morgan fingerprint density at radius 1 is 0.919 bits per heavy atom. The third-order valence-corrected chi connectivity index (χ3v) is 7.30. The van der Waals surface area contributed by atoms with Gasteiger partial charge < -0.3 is 10.2 Å². The first-order valence-corrected chi connectivity index (χ1v) is 13.7. The number of amides is 2. The molecular formula is C28H32FN3O4S. The number of halogens is 1. The van der Waals surface area contributed by atoms with Gasteiger partial charge in [-0.15, -0.1) is 0 Å². The monoisotopic (exact) mass is 525 g/mol. The highest BCUT2D eigenvalue weighted by Crippen LogP contribution is 2.27. The normalized spacial score (nSPS) is 12.0. The Hall–Kier alpha value is -3.72. The molecule has 1 atom stereocenters. The summed E-state index contributed by atoms with van der Waals surface area (Å²) in [6.45, 7) is 2.79. The van der Waals surface area contributed by atoms with Crippen LogP contribution >= 0.6 is 0 Å². The first kappa shape index (κ1) is 27.9. The molecule has 0 spiro atoms. The van der Waals surface area contributed by atoms with E-state index in [2.05, 4.69) is 5.32 Å². The molecule has 37 heavy (non-hydrogen) atoms. The molecule has 196 valence electrons. The lowest BCUT2D eigenvalue weighted by Gasteiger charge is -2.34. The van der Waals surface area contributed by atoms with Crippen LogP contribution in [-0.4, -0.2) is 51.0 Å². The van der Waals surface area contributed by atoms with E-state index in [4.69, 9.17) is 0 Å². The van der Waals surface area contributed by atoms with E-state index in [0.717, 1.165) is 16.1 Å². The Morgan fingerprint density at radius 3 is 2.08 bits per heavy atom. The number of benzene rings is 3. The van der Waals surface area contributed by atoms with E-state index < -0.39 is 40.2 Å². The van der Waals surface area contributed by atoms with Crippen molar-refractivity contribution in [2.75, 3.05) is 24.2 Å². The lowest BCUT2D eigenvalue weighted by molar-refractivity contribution is -0.139. The summed E-state index contributed by atoms with van der Waals surface area (Å²) >= 11 is 0. The molecule has 1 unspecified atom stereocenters. The average Bonchev–Trinajstić information content (AvgIpc) is 2.86. The van der Waals surface area contributed by atoms with Crippen molar-refractivity contribution in [2.24, 2.45) is 0 Å². The first-order chi connectivity index (χ1) is 17.5. The van der Waals surface area contributed by atoms with Crippen LogP contribution in [0.1, 0.15) is 22.3 Å². The maximum atomic E-state index is 14.7. The Balaban J connectivity index is 2.08. The second kappa shape index (κ2) is 12.0. The van der Waals surface area contributed by atoms with Crippen molar-refractivity contribution in [3.05, 3.63) is 101 Å². The second-order valence-corrected chi connectivity index (χ2v) is 10.8. The van der Waals surface area contributed by atoms with Crippen molar-refractivity contribution >= 4 is 27.5 Å². The number of hydrogen-bond acceptors (Lipinski definition) is 4. The van der Waals surface area contributed by atoms with Gasteiger partial charge in [-0.1, -0.05) is 66.7 Å². The number of nitrogens with zero attached hydrogens (tertiary/aromatic N) is 2. The van der Waals surface area contributed by atoms with Gasteiger partial charge in [-0.05, 0) is 36.6 Å². The van der Waals surface area contributed by atoms with E-state index in [1.807, 2.05) is 36.4 Å². The van der Waals surface area contributed by atoms with Gasteiger partial charge in [-0.25, -0.2) is 12.8 Å². The highest BCUT2D eigenvalue weighted by Gasteiger charge is 2.33. The van der Waals surface area contributed by atoms with Gasteiger partial charge in [0.1, 0.15) is 18.4 Å². The van der Waals surface area contributed by atoms with Crippen LogP contribution in [0.5, 0.6) is 0 Å². The lowest BCUT2D eigenvalue weighted by atomic mass is 10.0. The topological polar surface area (TPSA) is 86.8 Å². The molecule has 0 saturated heterocycles. The van der Waals surface area contributed by atoms with E-state index in [1.165, 1.54) is 24.1 Å². The van der Waals surface area contributed by atoms with Crippen molar-refractivity contribution < 1.29 is 22.4 Å². The summed E-state index contributed by atoms with van der Waals surface area (Å²) in [4.78, 5) is 28.2. The molecule has 0 radical (unpaired) electrons. The fourth-order valence-electron chi connectivity index (χ4n) is 4.31. The van der Waals surface area contributed by atoms with Crippen molar-refractivity contribution in [3.8, 4) is 0 Å². The zero-order valence-electron chi connectivity index (χ0n) is 21.4. The number of para-hydroxylation sites is 1. The molecule has 0 aliphatic carbocycles. The summed E-state index contributed by atoms with van der Waals surface area (Å²) in [5, 5.41) is 2.60. The average molecular weight is 526 g/mol. The molecule has 3 rings (SSSR count). The minimum Gasteiger partial charge on any atom is -0.357 e. The third-order valence-electron chi connectivity index (χ3n) is 6.18. The van der Waals surface area contributed by atoms with Crippen LogP contribution in [0.4, 0.5) is 10.1 Å². The quantitative estimate of drug-likeness (QED) is 0.438. The molecule has 0 bridgehead atoms. The number of carbonyl (C=O) groups excluding carboxylic acids is 2. The van der Waals surface area contributed by atoms with Crippen LogP contribution in [0, 0.1) is 19.7 Å². The molecular weight excluding hydrogens is 493 g/mol. The standard InChI is InChI=1S/C28H32FN3O4S/c1-20-11-10-12-21(2)27(20)32(37(4,35)36)19-26(33)31(18-23-15-8-9-16-24(23)29)25(28(34)30-3)17-22-13-6-5-7-14-22/h5-16,25H,17-19H2,1-4H3,(H,30,34). The van der Waals surface area contributed by atoms with E-state index in [1.54, 1.807) is 38.1 Å². The Kier molecular flexibility index (Phi) is 9.04. The van der Waals surface area contributed by atoms with Crippen LogP contribution in [0.2, 0.25) is 0 Å². The maximum Gasteiger partial charge on any atom is 0.244 e. The van der Waals surface area contributed by atoms with E-state index in [9.17, 15) is 22.4 Å². The Labute approximate surface area is 218 Å². The van der Waals surface area contributed by atoms with E-state index >= 15 is 0 Å². The Bertz CT molecular complexity index is 1340. The smallest absolute Gasteiger partial charge is 0.244 e. The van der Waals surface area contributed by atoms with Crippen molar-refractivity contribution in [2.45, 2.75) is 32.9 Å². The lowest BCUT2D eigenvalue weighted by Crippen LogP contribution is -2.53. The van der Waals surface area contributed by atoms with E-state index in [-0.39, 0.29) is 18.5 Å². The highest BCUT2D eigenvalue weighted by atomic mass is 32.2. The van der Waals surface area contributed by atoms with Crippen molar-refractivity contribution in [1.82, 2.24) is 10.2 Å². The molecule has 7 nitrogen and oxygen atoms in total. The summed E-state index contributed by atoms with van der Waals surface area (Å²) in [6.07, 6.45) is 1.20. The van der Waals surface area contributed by atoms with Crippen molar-refractivity contribution in [3.63, 3.8) is 0 Å². The minimum absolute atomic E-state index is 0.170. The van der Waals surface area contributed by atoms with Gasteiger partial charge in [0.15, 0.2) is 0 Å². The molecule has 0 fully saturated rings. The van der Waals surface area contributed by atoms with Crippen molar-refractivity contribution in [1.29, 1.82) is 0 Å². The van der Waals surface area contributed by atoms with Gasteiger partial charge in [0, 0.05) is 25.6 Å². The second-order valence-electron chi connectivity index (χ2n) is 8.94. The van der Waals surface area contributed by atoms with Crippen LogP contribution in [0.25, 0.3) is 0 Å². The zero-order chi connectivity index (χ0) is 27.2. The summed E-state index contributed by atoms with van der Waals surface area (Å²) in [6, 6.07) is 19.5.